The summed E-state index contributed by atoms with van der Waals surface area (Å²) in [6, 6.07) is 16.0. The van der Waals surface area contributed by atoms with Gasteiger partial charge in [-0.15, -0.1) is 0 Å². The smallest absolute Gasteiger partial charge is 0.220 e. The van der Waals surface area contributed by atoms with Crippen LogP contribution in [0.2, 0.25) is 0 Å². The Morgan fingerprint density at radius 3 is 2.52 bits per heavy atom. The first-order valence-corrected chi connectivity index (χ1v) is 8.08. The largest absolute Gasteiger partial charge is 0.491 e. The number of benzene rings is 2. The normalized spacial score (nSPS) is 11.8. The first-order valence-electron chi connectivity index (χ1n) is 8.08. The summed E-state index contributed by atoms with van der Waals surface area (Å²) in [4.78, 5) is 12.0. The third-order valence-electron chi connectivity index (χ3n) is 3.86. The molecule has 2 aromatic carbocycles. The van der Waals surface area contributed by atoms with Gasteiger partial charge in [0.15, 0.2) is 0 Å². The number of ether oxygens (including phenoxy) is 1. The van der Waals surface area contributed by atoms with E-state index in [0.29, 0.717) is 13.0 Å². The average molecular weight is 311 g/mol. The second-order valence-electron chi connectivity index (χ2n) is 6.01. The van der Waals surface area contributed by atoms with Crippen molar-refractivity contribution in [2.45, 2.75) is 39.7 Å². The molecule has 0 radical (unpaired) electrons. The van der Waals surface area contributed by atoms with Gasteiger partial charge in [0.05, 0.1) is 6.04 Å². The first-order chi connectivity index (χ1) is 11.0. The van der Waals surface area contributed by atoms with Gasteiger partial charge >= 0.3 is 0 Å². The molecule has 1 N–H and O–H groups in total. The molecule has 0 saturated carbocycles. The van der Waals surface area contributed by atoms with Crippen molar-refractivity contribution in [3.8, 4) is 5.75 Å². The molecule has 0 fully saturated rings. The summed E-state index contributed by atoms with van der Waals surface area (Å²) in [7, 11) is 0. The summed E-state index contributed by atoms with van der Waals surface area (Å²) in [5.74, 6) is 0.885. The van der Waals surface area contributed by atoms with Crippen molar-refractivity contribution in [3.63, 3.8) is 0 Å². The highest BCUT2D eigenvalue weighted by Crippen LogP contribution is 2.12. The minimum absolute atomic E-state index is 0.0116. The van der Waals surface area contributed by atoms with E-state index in [-0.39, 0.29) is 11.9 Å². The highest BCUT2D eigenvalue weighted by molar-refractivity contribution is 5.76. The van der Waals surface area contributed by atoms with Crippen LogP contribution in [-0.4, -0.2) is 18.6 Å². The lowest BCUT2D eigenvalue weighted by Gasteiger charge is -2.15. The lowest BCUT2D eigenvalue weighted by Crippen LogP contribution is -2.36. The Hall–Kier alpha value is -2.29. The molecular formula is C20H25NO2. The van der Waals surface area contributed by atoms with Crippen LogP contribution in [-0.2, 0) is 11.2 Å². The summed E-state index contributed by atoms with van der Waals surface area (Å²) in [6.07, 6.45) is 1.26. The molecule has 0 aliphatic carbocycles. The van der Waals surface area contributed by atoms with Crippen LogP contribution in [0.25, 0.3) is 0 Å². The minimum Gasteiger partial charge on any atom is -0.491 e. The van der Waals surface area contributed by atoms with Crippen molar-refractivity contribution >= 4 is 5.91 Å². The van der Waals surface area contributed by atoms with Crippen molar-refractivity contribution in [2.24, 2.45) is 0 Å². The maximum absolute atomic E-state index is 12.0. The number of rotatable bonds is 7. The molecule has 3 heteroatoms. The molecule has 2 aromatic rings. The number of hydrogen-bond donors (Lipinski definition) is 1. The van der Waals surface area contributed by atoms with E-state index in [4.69, 9.17) is 4.74 Å². The Morgan fingerprint density at radius 2 is 1.83 bits per heavy atom. The Labute approximate surface area is 138 Å². The zero-order chi connectivity index (χ0) is 16.7. The van der Waals surface area contributed by atoms with Crippen LogP contribution in [0.1, 0.15) is 30.0 Å². The van der Waals surface area contributed by atoms with Gasteiger partial charge in [-0.1, -0.05) is 36.4 Å². The molecule has 122 valence electrons. The predicted octanol–water partition coefficient (Wildman–Crippen LogP) is 3.82. The lowest BCUT2D eigenvalue weighted by atomic mass is 10.0. The van der Waals surface area contributed by atoms with E-state index < -0.39 is 0 Å². The SMILES string of the molecule is Cc1ccc(CCC(=O)N[C@H](C)COc2ccccc2)cc1C. The van der Waals surface area contributed by atoms with Crippen LogP contribution in [0, 0.1) is 13.8 Å². The van der Waals surface area contributed by atoms with Crippen molar-refractivity contribution < 1.29 is 9.53 Å². The fraction of sp³-hybridized carbons (Fsp3) is 0.350. The van der Waals surface area contributed by atoms with Gasteiger partial charge in [0.2, 0.25) is 5.91 Å². The van der Waals surface area contributed by atoms with E-state index >= 15 is 0 Å². The van der Waals surface area contributed by atoms with Crippen molar-refractivity contribution in [3.05, 3.63) is 65.2 Å². The number of amides is 1. The fourth-order valence-corrected chi connectivity index (χ4v) is 2.34. The summed E-state index contributed by atoms with van der Waals surface area (Å²) < 4.78 is 5.65. The third kappa shape index (κ3) is 5.78. The van der Waals surface area contributed by atoms with E-state index in [2.05, 4.69) is 37.4 Å². The van der Waals surface area contributed by atoms with E-state index in [1.54, 1.807) is 0 Å². The van der Waals surface area contributed by atoms with Crippen molar-refractivity contribution in [1.29, 1.82) is 0 Å². The molecule has 0 aromatic heterocycles. The molecule has 1 amide bonds. The van der Waals surface area contributed by atoms with Crippen molar-refractivity contribution in [2.75, 3.05) is 6.61 Å². The molecule has 0 aliphatic heterocycles. The molecule has 0 spiro atoms. The second kappa shape index (κ2) is 8.37. The Kier molecular flexibility index (Phi) is 6.21. The molecule has 0 aliphatic rings. The summed E-state index contributed by atoms with van der Waals surface area (Å²) >= 11 is 0. The van der Waals surface area contributed by atoms with Crippen LogP contribution < -0.4 is 10.1 Å². The van der Waals surface area contributed by atoms with Gasteiger partial charge in [0, 0.05) is 6.42 Å². The van der Waals surface area contributed by atoms with E-state index in [0.717, 1.165) is 12.2 Å². The van der Waals surface area contributed by atoms with Crippen LogP contribution in [0.5, 0.6) is 5.75 Å². The summed E-state index contributed by atoms with van der Waals surface area (Å²) in [6.45, 7) is 6.62. The molecule has 0 saturated heterocycles. The summed E-state index contributed by atoms with van der Waals surface area (Å²) in [5.41, 5.74) is 3.76. The van der Waals surface area contributed by atoms with E-state index in [1.165, 1.54) is 16.7 Å². The number of aryl methyl sites for hydroxylation is 3. The average Bonchev–Trinajstić information content (AvgIpc) is 2.55. The molecule has 2 rings (SSSR count). The molecular weight excluding hydrogens is 286 g/mol. The number of nitrogens with one attached hydrogen (secondary N) is 1. The van der Waals surface area contributed by atoms with E-state index in [1.807, 2.05) is 37.3 Å². The van der Waals surface area contributed by atoms with Gasteiger partial charge in [-0.2, -0.15) is 0 Å². The number of carbonyl (C=O) groups excluding carboxylic acids is 1. The van der Waals surface area contributed by atoms with E-state index in [9.17, 15) is 4.79 Å². The van der Waals surface area contributed by atoms with Crippen molar-refractivity contribution in [1.82, 2.24) is 5.32 Å². The van der Waals surface area contributed by atoms with Gasteiger partial charge in [-0.05, 0) is 56.0 Å². The maximum atomic E-state index is 12.0. The Balaban J connectivity index is 1.72. The highest BCUT2D eigenvalue weighted by atomic mass is 16.5. The molecule has 3 nitrogen and oxygen atoms in total. The number of carbonyl (C=O) groups is 1. The quantitative estimate of drug-likeness (QED) is 0.844. The maximum Gasteiger partial charge on any atom is 0.220 e. The monoisotopic (exact) mass is 311 g/mol. The van der Waals surface area contributed by atoms with Gasteiger partial charge in [0.25, 0.3) is 0 Å². The Bertz CT molecular complexity index is 637. The van der Waals surface area contributed by atoms with Gasteiger partial charge in [0.1, 0.15) is 12.4 Å². The third-order valence-corrected chi connectivity index (χ3v) is 3.86. The van der Waals surface area contributed by atoms with Gasteiger partial charge < -0.3 is 10.1 Å². The minimum atomic E-state index is -0.0116. The van der Waals surface area contributed by atoms with Crippen LogP contribution in [0.3, 0.4) is 0 Å². The number of hydrogen-bond acceptors (Lipinski definition) is 2. The molecule has 23 heavy (non-hydrogen) atoms. The Morgan fingerprint density at radius 1 is 1.09 bits per heavy atom. The van der Waals surface area contributed by atoms with Crippen LogP contribution in [0.4, 0.5) is 0 Å². The summed E-state index contributed by atoms with van der Waals surface area (Å²) in [5, 5.41) is 2.98. The molecule has 1 atom stereocenters. The first kappa shape index (κ1) is 17.1. The van der Waals surface area contributed by atoms with Gasteiger partial charge in [-0.3, -0.25) is 4.79 Å². The molecule has 0 unspecified atom stereocenters. The van der Waals surface area contributed by atoms with Gasteiger partial charge in [-0.25, -0.2) is 0 Å². The predicted molar refractivity (Wildman–Crippen MR) is 93.8 cm³/mol. The topological polar surface area (TPSA) is 38.3 Å². The number of para-hydroxylation sites is 1. The van der Waals surface area contributed by atoms with Crippen LogP contribution >= 0.6 is 0 Å². The second-order valence-corrected chi connectivity index (χ2v) is 6.01. The fourth-order valence-electron chi connectivity index (χ4n) is 2.34. The standard InChI is InChI=1S/C20H25NO2/c1-15-9-10-18(13-16(15)2)11-12-20(22)21-17(3)14-23-19-7-5-4-6-8-19/h4-10,13,17H,11-12,14H2,1-3H3,(H,21,22)/t17-/m1/s1. The zero-order valence-corrected chi connectivity index (χ0v) is 14.1. The zero-order valence-electron chi connectivity index (χ0n) is 14.1. The molecule has 0 bridgehead atoms. The van der Waals surface area contributed by atoms with Crippen LogP contribution in [0.15, 0.2) is 48.5 Å². The molecule has 0 heterocycles. The lowest BCUT2D eigenvalue weighted by molar-refractivity contribution is -0.121. The highest BCUT2D eigenvalue weighted by Gasteiger charge is 2.08.